The number of ether oxygens (including phenoxy) is 1. The van der Waals surface area contributed by atoms with E-state index in [0.29, 0.717) is 62.7 Å². The van der Waals surface area contributed by atoms with Crippen LogP contribution in [0.4, 0.5) is 34.9 Å². The summed E-state index contributed by atoms with van der Waals surface area (Å²) in [7, 11) is 1.98. The smallest absolute Gasteiger partial charge is 0.378 e. The van der Waals surface area contributed by atoms with Gasteiger partial charge < -0.3 is 29.7 Å². The molecular formula is C28H31F4N7O3. The number of rotatable bonds is 7. The maximum absolute atomic E-state index is 15.7. The van der Waals surface area contributed by atoms with Crippen LogP contribution < -0.4 is 20.7 Å². The standard InChI is InChI=1S/C28H31F4N7O3/c1-3-37(2)18-4-5-39(16-18)24-12-22(29)19(17-13-34-27(35-14-17)38-6-8-42-9-7-38)10-23(24)36-26(41)20-15-33-25(40)11-21(20)28(30,31)32/h10-15,18H,3-9,16H2,1-2H3,(H,33,40)(H,36,41)/t18-/m1/s1. The largest absolute Gasteiger partial charge is 0.417 e. The predicted molar refractivity (Wildman–Crippen MR) is 149 cm³/mol. The van der Waals surface area contributed by atoms with Gasteiger partial charge in [0.25, 0.3) is 5.91 Å². The summed E-state index contributed by atoms with van der Waals surface area (Å²) < 4.78 is 62.1. The Bertz CT molecular complexity index is 1490. The van der Waals surface area contributed by atoms with Crippen LogP contribution in [0, 0.1) is 5.82 Å². The summed E-state index contributed by atoms with van der Waals surface area (Å²) >= 11 is 0. The average Bonchev–Trinajstić information content (AvgIpc) is 3.48. The summed E-state index contributed by atoms with van der Waals surface area (Å²) in [5.74, 6) is -1.23. The lowest BCUT2D eigenvalue weighted by Crippen LogP contribution is -2.37. The highest BCUT2D eigenvalue weighted by Gasteiger charge is 2.36. The highest BCUT2D eigenvalue weighted by Crippen LogP contribution is 2.37. The number of anilines is 3. The van der Waals surface area contributed by atoms with Crippen molar-refractivity contribution in [2.24, 2.45) is 0 Å². The van der Waals surface area contributed by atoms with Crippen LogP contribution in [-0.4, -0.2) is 84.8 Å². The lowest BCUT2D eigenvalue weighted by molar-refractivity contribution is -0.138. The number of halogens is 4. The summed E-state index contributed by atoms with van der Waals surface area (Å²) in [5.41, 5.74) is -2.27. The van der Waals surface area contributed by atoms with Gasteiger partial charge in [0.1, 0.15) is 5.82 Å². The fraction of sp³-hybridized carbons (Fsp3) is 0.429. The number of aromatic nitrogens is 3. The third-order valence-electron chi connectivity index (χ3n) is 7.68. The fourth-order valence-electron chi connectivity index (χ4n) is 5.19. The van der Waals surface area contributed by atoms with Crippen LogP contribution in [0.2, 0.25) is 0 Å². The van der Waals surface area contributed by atoms with Crippen molar-refractivity contribution in [3.8, 4) is 11.1 Å². The van der Waals surface area contributed by atoms with Crippen molar-refractivity contribution in [3.63, 3.8) is 0 Å². The zero-order valence-corrected chi connectivity index (χ0v) is 23.2. The highest BCUT2D eigenvalue weighted by molar-refractivity contribution is 6.07. The molecule has 2 aliphatic heterocycles. The molecule has 2 aliphatic rings. The normalized spacial score (nSPS) is 17.6. The number of hydrogen-bond acceptors (Lipinski definition) is 8. The third-order valence-corrected chi connectivity index (χ3v) is 7.68. The van der Waals surface area contributed by atoms with E-state index in [1.807, 2.05) is 23.8 Å². The third kappa shape index (κ3) is 6.23. The number of benzene rings is 1. The summed E-state index contributed by atoms with van der Waals surface area (Å²) in [5, 5.41) is 2.55. The van der Waals surface area contributed by atoms with E-state index < -0.39 is 34.6 Å². The summed E-state index contributed by atoms with van der Waals surface area (Å²) in [6, 6.07) is 3.17. The number of aromatic amines is 1. The van der Waals surface area contributed by atoms with Crippen LogP contribution in [0.5, 0.6) is 0 Å². The number of pyridine rings is 1. The van der Waals surface area contributed by atoms with Crippen molar-refractivity contribution in [3.05, 3.63) is 64.1 Å². The van der Waals surface area contributed by atoms with Crippen LogP contribution in [-0.2, 0) is 10.9 Å². The lowest BCUT2D eigenvalue weighted by atomic mass is 10.0. The van der Waals surface area contributed by atoms with Crippen molar-refractivity contribution < 1.29 is 27.1 Å². The Morgan fingerprint density at radius 2 is 1.86 bits per heavy atom. The number of carbonyl (C=O) groups excluding carboxylic acids is 1. The van der Waals surface area contributed by atoms with E-state index in [2.05, 4.69) is 25.2 Å². The summed E-state index contributed by atoms with van der Waals surface area (Å²) in [6.07, 6.45) is -0.494. The minimum atomic E-state index is -4.94. The molecule has 2 aromatic heterocycles. The number of morpholine rings is 1. The monoisotopic (exact) mass is 589 g/mol. The van der Waals surface area contributed by atoms with E-state index in [4.69, 9.17) is 4.74 Å². The number of hydrogen-bond donors (Lipinski definition) is 2. The van der Waals surface area contributed by atoms with Crippen LogP contribution in [0.3, 0.4) is 0 Å². The van der Waals surface area contributed by atoms with Gasteiger partial charge in [0.15, 0.2) is 0 Å². The van der Waals surface area contributed by atoms with Gasteiger partial charge in [0, 0.05) is 68.0 Å². The second kappa shape index (κ2) is 12.1. The van der Waals surface area contributed by atoms with Gasteiger partial charge in [0.05, 0.1) is 35.7 Å². The topological polar surface area (TPSA) is 107 Å². The molecular weight excluding hydrogens is 558 g/mol. The van der Waals surface area contributed by atoms with Gasteiger partial charge in [-0.1, -0.05) is 6.92 Å². The molecule has 2 fully saturated rings. The molecule has 1 amide bonds. The molecule has 0 aliphatic carbocycles. The maximum atomic E-state index is 15.7. The van der Waals surface area contributed by atoms with Crippen molar-refractivity contribution >= 4 is 23.2 Å². The first-order valence-electron chi connectivity index (χ1n) is 13.6. The van der Waals surface area contributed by atoms with Gasteiger partial charge >= 0.3 is 6.18 Å². The number of amides is 1. The first kappa shape index (κ1) is 29.5. The van der Waals surface area contributed by atoms with Gasteiger partial charge in [-0.3, -0.25) is 9.59 Å². The Morgan fingerprint density at radius 3 is 2.52 bits per heavy atom. The second-order valence-electron chi connectivity index (χ2n) is 10.3. The lowest BCUT2D eigenvalue weighted by Gasteiger charge is -2.27. The van der Waals surface area contributed by atoms with Gasteiger partial charge in [-0.2, -0.15) is 13.2 Å². The van der Waals surface area contributed by atoms with Crippen molar-refractivity contribution in [2.45, 2.75) is 25.6 Å². The molecule has 0 bridgehead atoms. The van der Waals surface area contributed by atoms with E-state index in [-0.39, 0.29) is 17.3 Å². The molecule has 4 heterocycles. The minimum Gasteiger partial charge on any atom is -0.378 e. The Labute approximate surface area is 239 Å². The molecule has 2 N–H and O–H groups in total. The molecule has 5 rings (SSSR count). The molecule has 1 atom stereocenters. The summed E-state index contributed by atoms with van der Waals surface area (Å²) in [6.45, 7) is 6.25. The number of nitrogens with one attached hydrogen (secondary N) is 2. The number of alkyl halides is 3. The van der Waals surface area contributed by atoms with E-state index >= 15 is 4.39 Å². The molecule has 14 heteroatoms. The molecule has 0 saturated carbocycles. The number of carbonyl (C=O) groups is 1. The quantitative estimate of drug-likeness (QED) is 0.403. The van der Waals surface area contributed by atoms with Crippen LogP contribution in [0.15, 0.2) is 41.6 Å². The predicted octanol–water partition coefficient (Wildman–Crippen LogP) is 3.61. The Hall–Kier alpha value is -4.04. The number of nitrogens with zero attached hydrogens (tertiary/aromatic N) is 5. The van der Waals surface area contributed by atoms with E-state index in [0.717, 1.165) is 19.2 Å². The van der Waals surface area contributed by atoms with Gasteiger partial charge in [-0.05, 0) is 32.1 Å². The van der Waals surface area contributed by atoms with E-state index in [9.17, 15) is 22.8 Å². The molecule has 0 unspecified atom stereocenters. The number of likely N-dealkylation sites (N-methyl/N-ethyl adjacent to an activating group) is 1. The van der Waals surface area contributed by atoms with Gasteiger partial charge in [-0.25, -0.2) is 14.4 Å². The van der Waals surface area contributed by atoms with Crippen LogP contribution in [0.1, 0.15) is 29.3 Å². The first-order chi connectivity index (χ1) is 20.0. The van der Waals surface area contributed by atoms with Crippen LogP contribution >= 0.6 is 0 Å². The molecule has 1 aromatic carbocycles. The molecule has 10 nitrogen and oxygen atoms in total. The summed E-state index contributed by atoms with van der Waals surface area (Å²) in [4.78, 5) is 41.7. The molecule has 2 saturated heterocycles. The number of H-pyrrole nitrogens is 1. The second-order valence-corrected chi connectivity index (χ2v) is 10.3. The molecule has 0 radical (unpaired) electrons. The Balaban J connectivity index is 1.52. The van der Waals surface area contributed by atoms with Gasteiger partial charge in [0.2, 0.25) is 11.5 Å². The highest BCUT2D eigenvalue weighted by atomic mass is 19.4. The molecule has 224 valence electrons. The zero-order valence-electron chi connectivity index (χ0n) is 23.2. The SMILES string of the molecule is CCN(C)[C@@H]1CCN(c2cc(F)c(-c3cnc(N4CCOCC4)nc3)cc2NC(=O)c2c[nH]c(=O)cc2C(F)(F)F)C1. The maximum Gasteiger partial charge on any atom is 0.417 e. The van der Waals surface area contributed by atoms with E-state index in [1.54, 1.807) is 0 Å². The zero-order chi connectivity index (χ0) is 30.0. The average molecular weight is 590 g/mol. The van der Waals surface area contributed by atoms with Gasteiger partial charge in [-0.15, -0.1) is 0 Å². The Kier molecular flexibility index (Phi) is 8.45. The first-order valence-corrected chi connectivity index (χ1v) is 13.6. The minimum absolute atomic E-state index is 0.0708. The Morgan fingerprint density at radius 1 is 1.14 bits per heavy atom. The van der Waals surface area contributed by atoms with Crippen molar-refractivity contribution in [1.82, 2.24) is 19.9 Å². The van der Waals surface area contributed by atoms with Crippen molar-refractivity contribution in [2.75, 3.05) is 68.1 Å². The molecule has 42 heavy (non-hydrogen) atoms. The van der Waals surface area contributed by atoms with Crippen LogP contribution in [0.25, 0.3) is 11.1 Å². The van der Waals surface area contributed by atoms with Crippen molar-refractivity contribution in [1.29, 1.82) is 0 Å². The van der Waals surface area contributed by atoms with E-state index in [1.165, 1.54) is 24.5 Å². The fourth-order valence-corrected chi connectivity index (χ4v) is 5.19. The molecule has 0 spiro atoms. The molecule has 3 aromatic rings.